The van der Waals surface area contributed by atoms with Gasteiger partial charge in [-0.1, -0.05) is 6.07 Å². The van der Waals surface area contributed by atoms with Crippen LogP contribution in [0.5, 0.6) is 0 Å². The number of halogens is 4. The first-order chi connectivity index (χ1) is 9.90. The summed E-state index contributed by atoms with van der Waals surface area (Å²) < 4.78 is 57.4. The zero-order valence-electron chi connectivity index (χ0n) is 11.6. The molecule has 21 heavy (non-hydrogen) atoms. The molecule has 116 valence electrons. The van der Waals surface area contributed by atoms with Gasteiger partial charge in [-0.2, -0.15) is 13.2 Å². The normalized spacial score (nSPS) is 29.9. The van der Waals surface area contributed by atoms with Crippen molar-refractivity contribution in [2.45, 2.75) is 43.7 Å². The highest BCUT2D eigenvalue weighted by Gasteiger charge is 2.44. The first-order valence-electron chi connectivity index (χ1n) is 7.09. The predicted molar refractivity (Wildman–Crippen MR) is 69.2 cm³/mol. The molecule has 2 nitrogen and oxygen atoms in total. The number of hydrogen-bond acceptors (Lipinski definition) is 2. The molecule has 6 heteroatoms. The predicted octanol–water partition coefficient (Wildman–Crippen LogP) is 3.67. The number of fused-ring (bicyclic) bond motifs is 2. The molecule has 4 unspecified atom stereocenters. The number of ether oxygens (including phenoxy) is 1. The molecule has 3 rings (SSSR count). The van der Waals surface area contributed by atoms with E-state index in [1.807, 2.05) is 0 Å². The zero-order chi connectivity index (χ0) is 15.2. The van der Waals surface area contributed by atoms with E-state index < -0.39 is 17.6 Å². The van der Waals surface area contributed by atoms with Gasteiger partial charge in [-0.25, -0.2) is 4.39 Å². The quantitative estimate of drug-likeness (QED) is 0.860. The molecule has 2 heterocycles. The van der Waals surface area contributed by atoms with Gasteiger partial charge in [-0.3, -0.25) is 0 Å². The van der Waals surface area contributed by atoms with Crippen molar-refractivity contribution in [3.63, 3.8) is 0 Å². The smallest absolute Gasteiger partial charge is 0.375 e. The molecule has 0 spiro atoms. The second-order valence-electron chi connectivity index (χ2n) is 5.78. The molecular weight excluding hydrogens is 286 g/mol. The lowest BCUT2D eigenvalue weighted by Gasteiger charge is -2.28. The molecule has 1 aromatic carbocycles. The third-order valence-electron chi connectivity index (χ3n) is 4.55. The van der Waals surface area contributed by atoms with Crippen LogP contribution in [0.25, 0.3) is 0 Å². The van der Waals surface area contributed by atoms with Crippen LogP contribution in [0.15, 0.2) is 18.2 Å². The van der Waals surface area contributed by atoms with Gasteiger partial charge in [0.25, 0.3) is 0 Å². The topological polar surface area (TPSA) is 21.3 Å². The SMILES string of the molecule is CNC(c1ccc(C(F)(F)F)c(F)c1)C1CC2CCC1O2. The molecule has 0 amide bonds. The third kappa shape index (κ3) is 2.66. The van der Waals surface area contributed by atoms with Gasteiger partial charge in [0.15, 0.2) is 0 Å². The average Bonchev–Trinajstić information content (AvgIpc) is 3.00. The number of hydrogen-bond donors (Lipinski definition) is 1. The number of alkyl halides is 3. The van der Waals surface area contributed by atoms with Crippen LogP contribution in [0.4, 0.5) is 17.6 Å². The summed E-state index contributed by atoms with van der Waals surface area (Å²) in [6.07, 6.45) is -1.41. The molecule has 0 saturated carbocycles. The Kier molecular flexibility index (Phi) is 3.69. The molecule has 0 aromatic heterocycles. The van der Waals surface area contributed by atoms with E-state index in [9.17, 15) is 17.6 Å². The van der Waals surface area contributed by atoms with Gasteiger partial charge in [-0.15, -0.1) is 0 Å². The largest absolute Gasteiger partial charge is 0.419 e. The van der Waals surface area contributed by atoms with Crippen LogP contribution < -0.4 is 5.32 Å². The highest BCUT2D eigenvalue weighted by atomic mass is 19.4. The van der Waals surface area contributed by atoms with Gasteiger partial charge in [0, 0.05) is 12.0 Å². The highest BCUT2D eigenvalue weighted by Crippen LogP contribution is 2.45. The molecular formula is C15H17F4NO. The summed E-state index contributed by atoms with van der Waals surface area (Å²) in [4.78, 5) is 0. The third-order valence-corrected chi connectivity index (χ3v) is 4.55. The van der Waals surface area contributed by atoms with E-state index in [1.165, 1.54) is 6.07 Å². The summed E-state index contributed by atoms with van der Waals surface area (Å²) in [6, 6.07) is 3.00. The van der Waals surface area contributed by atoms with Crippen molar-refractivity contribution >= 4 is 0 Å². The number of rotatable bonds is 3. The summed E-state index contributed by atoms with van der Waals surface area (Å²) in [6.45, 7) is 0. The van der Waals surface area contributed by atoms with Crippen molar-refractivity contribution in [2.75, 3.05) is 7.05 Å². The molecule has 1 N–H and O–H groups in total. The molecule has 4 atom stereocenters. The van der Waals surface area contributed by atoms with E-state index in [-0.39, 0.29) is 24.2 Å². The Morgan fingerprint density at radius 2 is 2.05 bits per heavy atom. The van der Waals surface area contributed by atoms with Crippen LogP contribution in [-0.4, -0.2) is 19.3 Å². The van der Waals surface area contributed by atoms with E-state index in [0.29, 0.717) is 5.56 Å². The van der Waals surface area contributed by atoms with Crippen LogP contribution in [0.3, 0.4) is 0 Å². The summed E-state index contributed by atoms with van der Waals surface area (Å²) in [5, 5.41) is 3.10. The fourth-order valence-corrected chi connectivity index (χ4v) is 3.61. The van der Waals surface area contributed by atoms with Crippen molar-refractivity contribution in [1.82, 2.24) is 5.32 Å². The van der Waals surface area contributed by atoms with E-state index in [0.717, 1.165) is 31.4 Å². The van der Waals surface area contributed by atoms with Gasteiger partial charge < -0.3 is 10.1 Å². The van der Waals surface area contributed by atoms with Crippen molar-refractivity contribution in [1.29, 1.82) is 0 Å². The van der Waals surface area contributed by atoms with Gasteiger partial charge >= 0.3 is 6.18 Å². The van der Waals surface area contributed by atoms with Gasteiger partial charge in [0.1, 0.15) is 5.82 Å². The zero-order valence-corrected chi connectivity index (χ0v) is 11.6. The summed E-state index contributed by atoms with van der Waals surface area (Å²) in [7, 11) is 1.74. The maximum atomic E-state index is 13.7. The molecule has 2 aliphatic heterocycles. The van der Waals surface area contributed by atoms with Crippen molar-refractivity contribution in [3.8, 4) is 0 Å². The lowest BCUT2D eigenvalue weighted by molar-refractivity contribution is -0.140. The van der Waals surface area contributed by atoms with Crippen LogP contribution >= 0.6 is 0 Å². The van der Waals surface area contributed by atoms with Crippen LogP contribution in [0, 0.1) is 11.7 Å². The molecule has 0 aliphatic carbocycles. The summed E-state index contributed by atoms with van der Waals surface area (Å²) >= 11 is 0. The standard InChI is InChI=1S/C15H17F4NO/c1-20-14(10-7-9-3-5-13(10)21-9)8-2-4-11(12(16)6-8)15(17,18)19/h2,4,6,9-10,13-14,20H,3,5,7H2,1H3. The second kappa shape index (κ2) is 5.25. The van der Waals surface area contributed by atoms with E-state index in [1.54, 1.807) is 7.05 Å². The fraction of sp³-hybridized carbons (Fsp3) is 0.600. The van der Waals surface area contributed by atoms with Gasteiger partial charge in [0.2, 0.25) is 0 Å². The van der Waals surface area contributed by atoms with Crippen LogP contribution in [-0.2, 0) is 10.9 Å². The number of benzene rings is 1. The monoisotopic (exact) mass is 303 g/mol. The Balaban J connectivity index is 1.86. The minimum atomic E-state index is -4.66. The lowest BCUT2D eigenvalue weighted by Crippen LogP contribution is -2.32. The highest BCUT2D eigenvalue weighted by molar-refractivity contribution is 5.29. The first kappa shape index (κ1) is 14.8. The minimum Gasteiger partial charge on any atom is -0.375 e. The Labute approximate surface area is 120 Å². The Bertz CT molecular complexity index is 531. The summed E-state index contributed by atoms with van der Waals surface area (Å²) in [5.41, 5.74) is -0.672. The van der Waals surface area contributed by atoms with E-state index >= 15 is 0 Å². The van der Waals surface area contributed by atoms with Crippen LogP contribution in [0.2, 0.25) is 0 Å². The minimum absolute atomic E-state index is 0.123. The molecule has 1 aromatic rings. The van der Waals surface area contributed by atoms with Gasteiger partial charge in [0.05, 0.1) is 17.8 Å². The van der Waals surface area contributed by atoms with Gasteiger partial charge in [-0.05, 0) is 44.0 Å². The fourth-order valence-electron chi connectivity index (χ4n) is 3.61. The molecule has 2 fully saturated rings. The Morgan fingerprint density at radius 1 is 1.29 bits per heavy atom. The first-order valence-corrected chi connectivity index (χ1v) is 7.09. The lowest BCUT2D eigenvalue weighted by atomic mass is 9.81. The van der Waals surface area contributed by atoms with Crippen LogP contribution in [0.1, 0.15) is 36.4 Å². The molecule has 0 radical (unpaired) electrons. The van der Waals surface area contributed by atoms with Crippen molar-refractivity contribution in [3.05, 3.63) is 35.1 Å². The molecule has 2 saturated heterocycles. The summed E-state index contributed by atoms with van der Waals surface area (Å²) in [5.74, 6) is -1.03. The number of nitrogens with one attached hydrogen (secondary N) is 1. The maximum Gasteiger partial charge on any atom is 0.419 e. The Morgan fingerprint density at radius 3 is 2.52 bits per heavy atom. The molecule has 2 bridgehead atoms. The van der Waals surface area contributed by atoms with E-state index in [4.69, 9.17) is 4.74 Å². The van der Waals surface area contributed by atoms with E-state index in [2.05, 4.69) is 5.32 Å². The Hall–Kier alpha value is -1.14. The van der Waals surface area contributed by atoms with Crippen molar-refractivity contribution < 1.29 is 22.3 Å². The second-order valence-corrected chi connectivity index (χ2v) is 5.78. The maximum absolute atomic E-state index is 13.7. The average molecular weight is 303 g/mol. The molecule has 2 aliphatic rings. The van der Waals surface area contributed by atoms with Crippen molar-refractivity contribution in [2.24, 2.45) is 5.92 Å².